The second-order valence-corrected chi connectivity index (χ2v) is 6.66. The first kappa shape index (κ1) is 18.0. The van der Waals surface area contributed by atoms with Crippen molar-refractivity contribution >= 4 is 6.09 Å². The molecule has 1 amide bonds. The van der Waals surface area contributed by atoms with Crippen LogP contribution in [-0.4, -0.2) is 62.2 Å². The highest BCUT2D eigenvalue weighted by atomic mass is 16.6. The number of benzene rings is 1. The number of carbonyl (C=O) groups is 1. The Balaban J connectivity index is 1.48. The summed E-state index contributed by atoms with van der Waals surface area (Å²) in [7, 11) is 1.63. The van der Waals surface area contributed by atoms with E-state index in [0.29, 0.717) is 25.6 Å². The van der Waals surface area contributed by atoms with E-state index in [-0.39, 0.29) is 6.04 Å². The van der Waals surface area contributed by atoms with Gasteiger partial charge in [0.15, 0.2) is 0 Å². The fourth-order valence-electron chi connectivity index (χ4n) is 3.25. The van der Waals surface area contributed by atoms with Crippen LogP contribution in [0.15, 0.2) is 24.3 Å². The van der Waals surface area contributed by atoms with Crippen LogP contribution in [0.4, 0.5) is 4.79 Å². The van der Waals surface area contributed by atoms with Gasteiger partial charge in [0.2, 0.25) is 0 Å². The van der Waals surface area contributed by atoms with Gasteiger partial charge < -0.3 is 30.5 Å². The molecule has 0 unspecified atom stereocenters. The first-order valence-corrected chi connectivity index (χ1v) is 8.88. The van der Waals surface area contributed by atoms with Crippen LogP contribution in [0.3, 0.4) is 0 Å². The maximum absolute atomic E-state index is 12.0. The van der Waals surface area contributed by atoms with E-state index >= 15 is 0 Å². The molecule has 1 aromatic carbocycles. The number of nitrogens with one attached hydrogen (secondary N) is 3. The number of aliphatic hydroxyl groups is 1. The lowest BCUT2D eigenvalue weighted by Gasteiger charge is -2.27. The SMILES string of the molecule is COc1ccc(C[C@H]2NC[C@H](O)[C@H]2OC(=O)NCC[C@@H]2CCN2)cc1. The van der Waals surface area contributed by atoms with Crippen molar-refractivity contribution in [3.8, 4) is 5.75 Å². The van der Waals surface area contributed by atoms with Gasteiger partial charge in [0.05, 0.1) is 13.2 Å². The van der Waals surface area contributed by atoms with Crippen LogP contribution in [0.2, 0.25) is 0 Å². The summed E-state index contributed by atoms with van der Waals surface area (Å²) in [5, 5.41) is 19.4. The molecule has 4 atom stereocenters. The van der Waals surface area contributed by atoms with Gasteiger partial charge in [-0.1, -0.05) is 12.1 Å². The molecule has 0 spiro atoms. The van der Waals surface area contributed by atoms with Crippen LogP contribution in [0.5, 0.6) is 5.75 Å². The molecule has 2 saturated heterocycles. The first-order chi connectivity index (χ1) is 12.2. The molecular weight excluding hydrogens is 322 g/mol. The molecule has 25 heavy (non-hydrogen) atoms. The molecule has 0 radical (unpaired) electrons. The fourth-order valence-corrected chi connectivity index (χ4v) is 3.25. The third-order valence-corrected chi connectivity index (χ3v) is 4.91. The van der Waals surface area contributed by atoms with Crippen molar-refractivity contribution in [1.29, 1.82) is 0 Å². The minimum atomic E-state index is -0.692. The predicted octanol–water partition coefficient (Wildman–Crippen LogP) is 0.417. The number of aliphatic hydroxyl groups excluding tert-OH is 1. The van der Waals surface area contributed by atoms with Crippen molar-refractivity contribution in [2.75, 3.05) is 26.7 Å². The normalized spacial score (nSPS) is 28.2. The largest absolute Gasteiger partial charge is 0.497 e. The van der Waals surface area contributed by atoms with E-state index in [9.17, 15) is 9.90 Å². The number of rotatable bonds is 7. The molecule has 7 nitrogen and oxygen atoms in total. The number of hydrogen-bond acceptors (Lipinski definition) is 6. The Morgan fingerprint density at radius 2 is 2.08 bits per heavy atom. The molecule has 4 N–H and O–H groups in total. The lowest BCUT2D eigenvalue weighted by molar-refractivity contribution is 0.0189. The number of methoxy groups -OCH3 is 1. The van der Waals surface area contributed by atoms with Gasteiger partial charge in [-0.2, -0.15) is 0 Å². The average Bonchev–Trinajstić information content (AvgIpc) is 2.91. The van der Waals surface area contributed by atoms with Crippen molar-refractivity contribution in [3.63, 3.8) is 0 Å². The van der Waals surface area contributed by atoms with Gasteiger partial charge in [0.25, 0.3) is 0 Å². The predicted molar refractivity (Wildman–Crippen MR) is 93.8 cm³/mol. The first-order valence-electron chi connectivity index (χ1n) is 8.88. The van der Waals surface area contributed by atoms with E-state index in [0.717, 1.165) is 30.7 Å². The summed E-state index contributed by atoms with van der Waals surface area (Å²) in [4.78, 5) is 12.0. The third kappa shape index (κ3) is 4.84. The monoisotopic (exact) mass is 349 g/mol. The molecule has 0 bridgehead atoms. The molecule has 2 heterocycles. The Morgan fingerprint density at radius 1 is 1.32 bits per heavy atom. The minimum Gasteiger partial charge on any atom is -0.497 e. The summed E-state index contributed by atoms with van der Waals surface area (Å²) in [6.45, 7) is 2.06. The fraction of sp³-hybridized carbons (Fsp3) is 0.611. The zero-order valence-electron chi connectivity index (χ0n) is 14.5. The van der Waals surface area contributed by atoms with Crippen LogP contribution >= 0.6 is 0 Å². The zero-order chi connectivity index (χ0) is 17.6. The lowest BCUT2D eigenvalue weighted by atomic mass is 10.0. The van der Waals surface area contributed by atoms with Crippen LogP contribution < -0.4 is 20.7 Å². The highest BCUT2D eigenvalue weighted by Gasteiger charge is 2.37. The second-order valence-electron chi connectivity index (χ2n) is 6.66. The van der Waals surface area contributed by atoms with Crippen molar-refractivity contribution in [2.24, 2.45) is 0 Å². The van der Waals surface area contributed by atoms with E-state index in [1.807, 2.05) is 24.3 Å². The Bertz CT molecular complexity index is 562. The summed E-state index contributed by atoms with van der Waals surface area (Å²) in [6.07, 6.45) is 1.02. The Labute approximate surface area is 148 Å². The molecule has 2 aliphatic heterocycles. The zero-order valence-corrected chi connectivity index (χ0v) is 14.5. The molecule has 0 aliphatic carbocycles. The maximum Gasteiger partial charge on any atom is 0.407 e. The molecule has 7 heteroatoms. The maximum atomic E-state index is 12.0. The lowest BCUT2D eigenvalue weighted by Crippen LogP contribution is -2.45. The molecule has 2 fully saturated rings. The van der Waals surface area contributed by atoms with E-state index in [1.54, 1.807) is 7.11 Å². The van der Waals surface area contributed by atoms with Crippen LogP contribution in [0.25, 0.3) is 0 Å². The highest BCUT2D eigenvalue weighted by molar-refractivity contribution is 5.67. The standard InChI is InChI=1S/C18H27N3O4/c1-24-14-4-2-12(3-5-14)10-15-17(16(22)11-21-15)25-18(23)20-9-7-13-6-8-19-13/h2-5,13,15-17,19,21-22H,6-11H2,1H3,(H,20,23)/t13-,15+,16-,17-/m0/s1. The van der Waals surface area contributed by atoms with Crippen molar-refractivity contribution in [2.45, 2.75) is 43.6 Å². The van der Waals surface area contributed by atoms with Gasteiger partial charge in [-0.15, -0.1) is 0 Å². The van der Waals surface area contributed by atoms with E-state index < -0.39 is 18.3 Å². The number of ether oxygens (including phenoxy) is 2. The number of hydrogen-bond donors (Lipinski definition) is 4. The summed E-state index contributed by atoms with van der Waals surface area (Å²) in [5.41, 5.74) is 1.09. The van der Waals surface area contributed by atoms with Crippen LogP contribution in [-0.2, 0) is 11.2 Å². The van der Waals surface area contributed by atoms with Crippen LogP contribution in [0, 0.1) is 0 Å². The Morgan fingerprint density at radius 3 is 2.72 bits per heavy atom. The highest BCUT2D eigenvalue weighted by Crippen LogP contribution is 2.19. The quantitative estimate of drug-likeness (QED) is 0.570. The summed E-state index contributed by atoms with van der Waals surface area (Å²) < 4.78 is 10.6. The van der Waals surface area contributed by atoms with Crippen LogP contribution in [0.1, 0.15) is 18.4 Å². The van der Waals surface area contributed by atoms with Crippen molar-refractivity contribution in [1.82, 2.24) is 16.0 Å². The molecule has 138 valence electrons. The summed E-state index contributed by atoms with van der Waals surface area (Å²) in [6, 6.07) is 8.15. The van der Waals surface area contributed by atoms with Gasteiger partial charge in [-0.3, -0.25) is 0 Å². The number of alkyl carbamates (subject to hydrolysis) is 1. The van der Waals surface area contributed by atoms with Gasteiger partial charge in [-0.05, 0) is 43.5 Å². The van der Waals surface area contributed by atoms with Crippen molar-refractivity contribution in [3.05, 3.63) is 29.8 Å². The molecule has 1 aromatic rings. The number of carbonyl (C=O) groups excluding carboxylic acids is 1. The topological polar surface area (TPSA) is 91.8 Å². The summed E-state index contributed by atoms with van der Waals surface area (Å²) in [5.74, 6) is 0.802. The number of amides is 1. The number of β-amino-alcohol motifs (C(OH)–C–C–N with tert-alkyl or cyclic N) is 1. The van der Waals surface area contributed by atoms with Gasteiger partial charge in [0, 0.05) is 19.1 Å². The smallest absolute Gasteiger partial charge is 0.407 e. The van der Waals surface area contributed by atoms with Gasteiger partial charge >= 0.3 is 6.09 Å². The Hall–Kier alpha value is -1.83. The van der Waals surface area contributed by atoms with Crippen molar-refractivity contribution < 1.29 is 19.4 Å². The van der Waals surface area contributed by atoms with Gasteiger partial charge in [-0.25, -0.2) is 4.79 Å². The van der Waals surface area contributed by atoms with E-state index in [1.165, 1.54) is 0 Å². The molecule has 3 rings (SSSR count). The average molecular weight is 349 g/mol. The summed E-state index contributed by atoms with van der Waals surface area (Å²) >= 11 is 0. The minimum absolute atomic E-state index is 0.109. The molecule has 2 aliphatic rings. The second kappa shape index (κ2) is 8.51. The molecular formula is C18H27N3O4. The molecule has 0 aromatic heterocycles. The van der Waals surface area contributed by atoms with E-state index in [2.05, 4.69) is 16.0 Å². The van der Waals surface area contributed by atoms with Gasteiger partial charge in [0.1, 0.15) is 18.0 Å². The molecule has 0 saturated carbocycles. The van der Waals surface area contributed by atoms with E-state index in [4.69, 9.17) is 9.47 Å². The third-order valence-electron chi connectivity index (χ3n) is 4.91. The Kier molecular flexibility index (Phi) is 6.12.